The fraction of sp³-hybridized carbons (Fsp3) is 0.150. The molecular formula is C20H17ClN4O2S. The highest BCUT2D eigenvalue weighted by Gasteiger charge is 2.17. The fourth-order valence-electron chi connectivity index (χ4n) is 2.98. The quantitative estimate of drug-likeness (QED) is 0.495. The van der Waals surface area contributed by atoms with E-state index in [9.17, 15) is 4.79 Å². The van der Waals surface area contributed by atoms with Gasteiger partial charge in [-0.3, -0.25) is 4.79 Å². The summed E-state index contributed by atoms with van der Waals surface area (Å²) >= 11 is 7.55. The summed E-state index contributed by atoms with van der Waals surface area (Å²) in [6.07, 6.45) is 3.81. The Morgan fingerprint density at radius 1 is 1.36 bits per heavy atom. The van der Waals surface area contributed by atoms with Crippen LogP contribution in [0.2, 0.25) is 5.02 Å². The van der Waals surface area contributed by atoms with Crippen molar-refractivity contribution in [2.45, 2.75) is 13.5 Å². The van der Waals surface area contributed by atoms with Gasteiger partial charge in [0, 0.05) is 41.0 Å². The molecule has 0 radical (unpaired) electrons. The van der Waals surface area contributed by atoms with E-state index in [2.05, 4.69) is 26.8 Å². The average Bonchev–Trinajstić information content (AvgIpc) is 3.33. The number of carbonyl (C=O) groups is 1. The highest BCUT2D eigenvalue weighted by Crippen LogP contribution is 2.32. The van der Waals surface area contributed by atoms with Crippen molar-refractivity contribution in [1.29, 1.82) is 0 Å². The third kappa shape index (κ3) is 3.34. The summed E-state index contributed by atoms with van der Waals surface area (Å²) in [7, 11) is 1.54. The molecule has 142 valence electrons. The molecule has 0 aliphatic rings. The van der Waals surface area contributed by atoms with E-state index >= 15 is 0 Å². The topological polar surface area (TPSA) is 69.0 Å². The zero-order valence-electron chi connectivity index (χ0n) is 15.3. The van der Waals surface area contributed by atoms with Crippen LogP contribution in [0, 0.1) is 0 Å². The van der Waals surface area contributed by atoms with Gasteiger partial charge in [-0.2, -0.15) is 0 Å². The van der Waals surface area contributed by atoms with Crippen LogP contribution in [0.25, 0.3) is 21.6 Å². The Morgan fingerprint density at radius 3 is 2.96 bits per heavy atom. The molecule has 3 heterocycles. The molecule has 1 N–H and O–H groups in total. The molecule has 0 aliphatic carbocycles. The lowest BCUT2D eigenvalue weighted by Gasteiger charge is -2.06. The number of nitrogens with zero attached hydrogens (tertiary/aromatic N) is 3. The highest BCUT2D eigenvalue weighted by molar-refractivity contribution is 7.13. The number of ether oxygens (including phenoxy) is 1. The summed E-state index contributed by atoms with van der Waals surface area (Å²) in [5.41, 5.74) is 2.82. The van der Waals surface area contributed by atoms with Crippen molar-refractivity contribution >= 4 is 45.6 Å². The van der Waals surface area contributed by atoms with E-state index in [0.29, 0.717) is 22.2 Å². The van der Waals surface area contributed by atoms with E-state index < -0.39 is 0 Å². The second-order valence-electron chi connectivity index (χ2n) is 6.04. The van der Waals surface area contributed by atoms with Crippen molar-refractivity contribution in [1.82, 2.24) is 14.5 Å². The molecule has 0 unspecified atom stereocenters. The van der Waals surface area contributed by atoms with Gasteiger partial charge < -0.3 is 14.6 Å². The summed E-state index contributed by atoms with van der Waals surface area (Å²) in [5.74, 6) is 0.262. The van der Waals surface area contributed by atoms with Crippen molar-refractivity contribution in [3.05, 3.63) is 58.8 Å². The maximum absolute atomic E-state index is 12.6. The summed E-state index contributed by atoms with van der Waals surface area (Å²) in [6.45, 7) is 2.88. The van der Waals surface area contributed by atoms with Crippen molar-refractivity contribution in [3.63, 3.8) is 0 Å². The number of aryl methyl sites for hydroxylation is 1. The van der Waals surface area contributed by atoms with E-state index in [1.165, 1.54) is 11.3 Å². The second-order valence-corrected chi connectivity index (χ2v) is 7.31. The first kappa shape index (κ1) is 18.5. The summed E-state index contributed by atoms with van der Waals surface area (Å²) in [5, 5.41) is 6.80. The van der Waals surface area contributed by atoms with E-state index in [-0.39, 0.29) is 5.91 Å². The molecule has 1 aromatic carbocycles. The van der Waals surface area contributed by atoms with Gasteiger partial charge in [-0.25, -0.2) is 9.97 Å². The Morgan fingerprint density at radius 2 is 2.21 bits per heavy atom. The minimum Gasteiger partial charge on any atom is -0.495 e. The maximum atomic E-state index is 12.6. The third-order valence-electron chi connectivity index (χ3n) is 4.35. The molecular weight excluding hydrogens is 396 g/mol. The molecule has 3 aromatic heterocycles. The Hall–Kier alpha value is -2.90. The molecule has 4 rings (SSSR count). The predicted molar refractivity (Wildman–Crippen MR) is 112 cm³/mol. The minimum absolute atomic E-state index is 0.291. The molecule has 0 spiro atoms. The van der Waals surface area contributed by atoms with Gasteiger partial charge in [0.25, 0.3) is 5.91 Å². The molecule has 6 nitrogen and oxygen atoms in total. The van der Waals surface area contributed by atoms with Gasteiger partial charge in [-0.05, 0) is 37.3 Å². The van der Waals surface area contributed by atoms with Crippen molar-refractivity contribution in [3.8, 4) is 16.3 Å². The molecule has 0 saturated carbocycles. The van der Waals surface area contributed by atoms with Gasteiger partial charge in [-0.15, -0.1) is 11.3 Å². The van der Waals surface area contributed by atoms with Gasteiger partial charge in [-0.1, -0.05) is 11.6 Å². The van der Waals surface area contributed by atoms with Crippen LogP contribution in [0.1, 0.15) is 17.4 Å². The van der Waals surface area contributed by atoms with Crippen molar-refractivity contribution < 1.29 is 9.53 Å². The number of hydrogen-bond donors (Lipinski definition) is 1. The van der Waals surface area contributed by atoms with Crippen LogP contribution >= 0.6 is 22.9 Å². The Labute approximate surface area is 170 Å². The first-order valence-corrected chi connectivity index (χ1v) is 9.91. The molecule has 0 atom stereocenters. The molecule has 0 saturated heterocycles. The number of anilines is 1. The van der Waals surface area contributed by atoms with E-state index in [1.54, 1.807) is 36.9 Å². The van der Waals surface area contributed by atoms with Crippen LogP contribution in [0.5, 0.6) is 5.75 Å². The molecule has 0 aliphatic heterocycles. The number of hydrogen-bond acceptors (Lipinski definition) is 5. The van der Waals surface area contributed by atoms with E-state index in [0.717, 1.165) is 28.1 Å². The van der Waals surface area contributed by atoms with Gasteiger partial charge >= 0.3 is 0 Å². The van der Waals surface area contributed by atoms with Crippen LogP contribution in [0.15, 0.2) is 48.1 Å². The Kier molecular flexibility index (Phi) is 5.02. The number of aromatic nitrogens is 3. The van der Waals surface area contributed by atoms with Crippen LogP contribution in [-0.4, -0.2) is 27.6 Å². The van der Waals surface area contributed by atoms with Gasteiger partial charge in [0.2, 0.25) is 0 Å². The molecule has 8 heteroatoms. The number of rotatable bonds is 5. The molecule has 0 bridgehead atoms. The fourth-order valence-corrected chi connectivity index (χ4v) is 4.06. The van der Waals surface area contributed by atoms with Crippen molar-refractivity contribution in [2.75, 3.05) is 12.4 Å². The van der Waals surface area contributed by atoms with E-state index in [4.69, 9.17) is 16.3 Å². The standard InChI is InChI=1S/C20H17ClN4O2S/c1-3-25-10-14(13-5-4-8-22-18(13)25)20-24-16(11-28-20)19(26)23-12-6-7-17(27-2)15(21)9-12/h4-11H,3H2,1-2H3,(H,23,26). The number of nitrogens with one attached hydrogen (secondary N) is 1. The van der Waals surface area contributed by atoms with Crippen molar-refractivity contribution in [2.24, 2.45) is 0 Å². The molecule has 28 heavy (non-hydrogen) atoms. The molecule has 4 aromatic rings. The average molecular weight is 413 g/mol. The monoisotopic (exact) mass is 412 g/mol. The lowest BCUT2D eigenvalue weighted by molar-refractivity contribution is 0.102. The van der Waals surface area contributed by atoms with Gasteiger partial charge in [0.15, 0.2) is 0 Å². The summed E-state index contributed by atoms with van der Waals surface area (Å²) < 4.78 is 7.20. The number of pyridine rings is 1. The number of carbonyl (C=O) groups excluding carboxylic acids is 1. The van der Waals surface area contributed by atoms with E-state index in [1.807, 2.05) is 18.3 Å². The zero-order chi connectivity index (χ0) is 19.7. The minimum atomic E-state index is -0.291. The predicted octanol–water partition coefficient (Wildman–Crippen LogP) is 5.09. The first-order valence-electron chi connectivity index (χ1n) is 8.65. The normalized spacial score (nSPS) is 11.0. The number of methoxy groups -OCH3 is 1. The number of halogens is 1. The Balaban J connectivity index is 1.61. The largest absolute Gasteiger partial charge is 0.495 e. The Bertz CT molecular complexity index is 1170. The van der Waals surface area contributed by atoms with Gasteiger partial charge in [0.05, 0.1) is 12.1 Å². The SMILES string of the molecule is CCn1cc(-c2nc(C(=O)Nc3ccc(OC)c(Cl)c3)cs2)c2cccnc21. The second kappa shape index (κ2) is 7.61. The maximum Gasteiger partial charge on any atom is 0.275 e. The van der Waals surface area contributed by atoms with Crippen LogP contribution in [0.4, 0.5) is 5.69 Å². The number of benzene rings is 1. The first-order chi connectivity index (χ1) is 13.6. The lowest BCUT2D eigenvalue weighted by Crippen LogP contribution is -2.12. The molecule has 0 fully saturated rings. The van der Waals surface area contributed by atoms with Gasteiger partial charge in [0.1, 0.15) is 22.1 Å². The number of fused-ring (bicyclic) bond motifs is 1. The highest BCUT2D eigenvalue weighted by atomic mass is 35.5. The number of amides is 1. The number of thiazole rings is 1. The van der Waals surface area contributed by atoms with Crippen LogP contribution in [-0.2, 0) is 6.54 Å². The summed E-state index contributed by atoms with van der Waals surface area (Å²) in [6, 6.07) is 9.00. The lowest BCUT2D eigenvalue weighted by atomic mass is 10.2. The third-order valence-corrected chi connectivity index (χ3v) is 5.52. The van der Waals surface area contributed by atoms with Crippen LogP contribution < -0.4 is 10.1 Å². The smallest absolute Gasteiger partial charge is 0.275 e. The summed E-state index contributed by atoms with van der Waals surface area (Å²) in [4.78, 5) is 21.6. The van der Waals surface area contributed by atoms with Crippen LogP contribution in [0.3, 0.4) is 0 Å². The zero-order valence-corrected chi connectivity index (χ0v) is 16.8. The molecule has 1 amide bonds.